The number of aliphatic hydroxyl groups is 1. The highest BCUT2D eigenvalue weighted by Gasteiger charge is 2.40. The van der Waals surface area contributed by atoms with Crippen LogP contribution in [0.5, 0.6) is 0 Å². The van der Waals surface area contributed by atoms with E-state index in [2.05, 4.69) is 4.98 Å². The zero-order valence-corrected chi connectivity index (χ0v) is 10.1. The topological polar surface area (TPSA) is 82.3 Å². The van der Waals surface area contributed by atoms with Crippen LogP contribution in [0.15, 0.2) is 24.4 Å². The Balaban J connectivity index is 1.93. The molecule has 0 aliphatic carbocycles. The number of carbonyl (C=O) groups excluding carboxylic acids is 1. The van der Waals surface area contributed by atoms with E-state index < -0.39 is 5.60 Å². The quantitative estimate of drug-likeness (QED) is 0.654. The number of fused-ring (bicyclic) bond motifs is 1. The number of β-amino-alcohol motifs (C(OH)–C–C–N with tert-alkyl or cyclic N) is 1. The van der Waals surface area contributed by atoms with Crippen molar-refractivity contribution in [2.75, 3.05) is 18.8 Å². The fraction of sp³-hybridized carbons (Fsp3) is 0.308. The van der Waals surface area contributed by atoms with Crippen molar-refractivity contribution < 1.29 is 9.90 Å². The minimum atomic E-state index is -0.744. The third-order valence-corrected chi connectivity index (χ3v) is 3.29. The minimum Gasteiger partial charge on any atom is -0.399 e. The summed E-state index contributed by atoms with van der Waals surface area (Å²) in [6.07, 6.45) is 1.69. The van der Waals surface area contributed by atoms with Crippen molar-refractivity contribution in [1.82, 2.24) is 9.88 Å². The monoisotopic (exact) mass is 245 g/mol. The van der Waals surface area contributed by atoms with Gasteiger partial charge in [0.2, 0.25) is 0 Å². The molecule has 18 heavy (non-hydrogen) atoms. The van der Waals surface area contributed by atoms with Gasteiger partial charge in [0.1, 0.15) is 0 Å². The SMILES string of the molecule is CC1(O)CN(C(=O)c2c[nH]c3cc(N)ccc23)C1. The molecule has 5 nitrogen and oxygen atoms in total. The highest BCUT2D eigenvalue weighted by Crippen LogP contribution is 2.26. The number of anilines is 1. The smallest absolute Gasteiger partial charge is 0.256 e. The number of carbonyl (C=O) groups is 1. The largest absolute Gasteiger partial charge is 0.399 e. The first kappa shape index (κ1) is 11.1. The molecule has 1 aromatic carbocycles. The lowest BCUT2D eigenvalue weighted by atomic mass is 9.96. The summed E-state index contributed by atoms with van der Waals surface area (Å²) < 4.78 is 0. The van der Waals surface area contributed by atoms with Gasteiger partial charge < -0.3 is 20.7 Å². The van der Waals surface area contributed by atoms with Crippen LogP contribution in [0.2, 0.25) is 0 Å². The first-order valence-corrected chi connectivity index (χ1v) is 5.84. The Hall–Kier alpha value is -2.01. The van der Waals surface area contributed by atoms with E-state index in [0.29, 0.717) is 24.3 Å². The second kappa shape index (κ2) is 3.49. The number of likely N-dealkylation sites (tertiary alicyclic amines) is 1. The zero-order chi connectivity index (χ0) is 12.9. The summed E-state index contributed by atoms with van der Waals surface area (Å²) in [5, 5.41) is 10.5. The van der Waals surface area contributed by atoms with Crippen LogP contribution in [-0.4, -0.2) is 39.6 Å². The molecular weight excluding hydrogens is 230 g/mol. The summed E-state index contributed by atoms with van der Waals surface area (Å²) in [6, 6.07) is 5.42. The van der Waals surface area contributed by atoms with Crippen molar-refractivity contribution in [3.05, 3.63) is 30.0 Å². The zero-order valence-electron chi connectivity index (χ0n) is 10.1. The Morgan fingerprint density at radius 3 is 2.89 bits per heavy atom. The Kier molecular flexibility index (Phi) is 2.15. The Morgan fingerprint density at radius 1 is 1.50 bits per heavy atom. The number of benzene rings is 1. The molecule has 1 amide bonds. The van der Waals surface area contributed by atoms with Crippen LogP contribution < -0.4 is 5.73 Å². The van der Waals surface area contributed by atoms with Crippen molar-refractivity contribution >= 4 is 22.5 Å². The molecule has 2 aromatic rings. The number of nitrogens with zero attached hydrogens (tertiary/aromatic N) is 1. The van der Waals surface area contributed by atoms with Crippen molar-refractivity contribution in [3.8, 4) is 0 Å². The number of aromatic amines is 1. The Labute approximate surface area is 104 Å². The molecule has 1 aliphatic rings. The van der Waals surface area contributed by atoms with Crippen LogP contribution >= 0.6 is 0 Å². The van der Waals surface area contributed by atoms with Crippen LogP contribution in [0.3, 0.4) is 0 Å². The average molecular weight is 245 g/mol. The molecule has 1 saturated heterocycles. The molecule has 0 saturated carbocycles. The maximum absolute atomic E-state index is 12.2. The van der Waals surface area contributed by atoms with E-state index in [1.165, 1.54) is 0 Å². The van der Waals surface area contributed by atoms with E-state index in [0.717, 1.165) is 10.9 Å². The predicted molar refractivity (Wildman–Crippen MR) is 69.2 cm³/mol. The van der Waals surface area contributed by atoms with E-state index in [9.17, 15) is 9.90 Å². The number of nitrogen functional groups attached to an aromatic ring is 1. The maximum atomic E-state index is 12.2. The average Bonchev–Trinajstić information content (AvgIpc) is 2.67. The highest BCUT2D eigenvalue weighted by molar-refractivity contribution is 6.07. The summed E-state index contributed by atoms with van der Waals surface area (Å²) >= 11 is 0. The van der Waals surface area contributed by atoms with Crippen LogP contribution in [0.1, 0.15) is 17.3 Å². The number of hydrogen-bond donors (Lipinski definition) is 3. The molecule has 94 valence electrons. The number of hydrogen-bond acceptors (Lipinski definition) is 3. The maximum Gasteiger partial charge on any atom is 0.256 e. The Morgan fingerprint density at radius 2 is 2.22 bits per heavy atom. The third-order valence-electron chi connectivity index (χ3n) is 3.29. The molecule has 0 bridgehead atoms. The van der Waals surface area contributed by atoms with Gasteiger partial charge in [-0.05, 0) is 25.1 Å². The molecule has 4 N–H and O–H groups in total. The van der Waals surface area contributed by atoms with Crippen molar-refractivity contribution in [2.24, 2.45) is 0 Å². The highest BCUT2D eigenvalue weighted by atomic mass is 16.3. The first-order valence-electron chi connectivity index (χ1n) is 5.84. The molecule has 1 fully saturated rings. The lowest BCUT2D eigenvalue weighted by Gasteiger charge is -2.44. The van der Waals surface area contributed by atoms with Gasteiger partial charge in [-0.25, -0.2) is 0 Å². The summed E-state index contributed by atoms with van der Waals surface area (Å²) in [5.41, 5.74) is 7.09. The van der Waals surface area contributed by atoms with Gasteiger partial charge in [-0.2, -0.15) is 0 Å². The summed E-state index contributed by atoms with van der Waals surface area (Å²) in [6.45, 7) is 2.49. The van der Waals surface area contributed by atoms with Crippen LogP contribution in [-0.2, 0) is 0 Å². The van der Waals surface area contributed by atoms with Gasteiger partial charge >= 0.3 is 0 Å². The van der Waals surface area contributed by atoms with Gasteiger partial charge in [-0.15, -0.1) is 0 Å². The molecule has 2 heterocycles. The number of aromatic nitrogens is 1. The second-order valence-corrected chi connectivity index (χ2v) is 5.17. The molecule has 3 rings (SSSR count). The van der Waals surface area contributed by atoms with E-state index in [1.54, 1.807) is 30.2 Å². The summed E-state index contributed by atoms with van der Waals surface area (Å²) in [5.74, 6) is -0.0578. The lowest BCUT2D eigenvalue weighted by Crippen LogP contribution is -2.61. The lowest BCUT2D eigenvalue weighted by molar-refractivity contribution is -0.0668. The van der Waals surface area contributed by atoms with Crippen LogP contribution in [0.25, 0.3) is 10.9 Å². The van der Waals surface area contributed by atoms with E-state index >= 15 is 0 Å². The molecule has 0 unspecified atom stereocenters. The molecular formula is C13H15N3O2. The van der Waals surface area contributed by atoms with Gasteiger partial charge in [-0.3, -0.25) is 4.79 Å². The van der Waals surface area contributed by atoms with Gasteiger partial charge in [0.05, 0.1) is 24.3 Å². The van der Waals surface area contributed by atoms with Crippen molar-refractivity contribution in [3.63, 3.8) is 0 Å². The molecule has 0 radical (unpaired) electrons. The van der Waals surface area contributed by atoms with Crippen molar-refractivity contribution in [2.45, 2.75) is 12.5 Å². The third kappa shape index (κ3) is 1.64. The molecule has 1 aromatic heterocycles. The molecule has 5 heteroatoms. The molecule has 1 aliphatic heterocycles. The fourth-order valence-electron chi connectivity index (χ4n) is 2.41. The number of rotatable bonds is 1. The van der Waals surface area contributed by atoms with Crippen molar-refractivity contribution in [1.29, 1.82) is 0 Å². The first-order chi connectivity index (χ1) is 8.46. The number of amides is 1. The van der Waals surface area contributed by atoms with Gasteiger partial charge in [-0.1, -0.05) is 0 Å². The Bertz CT molecular complexity index is 622. The number of nitrogens with one attached hydrogen (secondary N) is 1. The second-order valence-electron chi connectivity index (χ2n) is 5.17. The predicted octanol–water partition coefficient (Wildman–Crippen LogP) is 0.957. The number of nitrogens with two attached hydrogens (primary N) is 1. The van der Waals surface area contributed by atoms with E-state index in [-0.39, 0.29) is 5.91 Å². The normalized spacial score (nSPS) is 17.8. The minimum absolute atomic E-state index is 0.0578. The van der Waals surface area contributed by atoms with Crippen LogP contribution in [0, 0.1) is 0 Å². The molecule has 0 spiro atoms. The standard InChI is InChI=1S/C13H15N3O2/c1-13(18)6-16(7-13)12(17)10-5-15-11-4-8(14)2-3-9(10)11/h2-5,15,18H,6-7,14H2,1H3. The molecule has 0 atom stereocenters. The van der Waals surface area contributed by atoms with Crippen LogP contribution in [0.4, 0.5) is 5.69 Å². The van der Waals surface area contributed by atoms with Gasteiger partial charge in [0.15, 0.2) is 0 Å². The fourth-order valence-corrected chi connectivity index (χ4v) is 2.41. The van der Waals surface area contributed by atoms with E-state index in [4.69, 9.17) is 5.73 Å². The van der Waals surface area contributed by atoms with Gasteiger partial charge in [0, 0.05) is 22.8 Å². The van der Waals surface area contributed by atoms with E-state index in [1.807, 2.05) is 6.07 Å². The van der Waals surface area contributed by atoms with Gasteiger partial charge in [0.25, 0.3) is 5.91 Å². The number of H-pyrrole nitrogens is 1. The summed E-state index contributed by atoms with van der Waals surface area (Å²) in [4.78, 5) is 16.9. The summed E-state index contributed by atoms with van der Waals surface area (Å²) in [7, 11) is 0.